The van der Waals surface area contributed by atoms with Gasteiger partial charge in [-0.25, -0.2) is 9.78 Å². The van der Waals surface area contributed by atoms with Gasteiger partial charge in [-0.3, -0.25) is 4.90 Å². The Kier molecular flexibility index (Phi) is 8.81. The van der Waals surface area contributed by atoms with Crippen molar-refractivity contribution in [1.29, 1.82) is 10.5 Å². The monoisotopic (exact) mass is 621 g/mol. The molecule has 230 valence electrons. The highest BCUT2D eigenvalue weighted by molar-refractivity contribution is 6.36. The Morgan fingerprint density at radius 2 is 2.00 bits per heavy atom. The van der Waals surface area contributed by atoms with Crippen LogP contribution >= 0.6 is 11.6 Å². The highest BCUT2D eigenvalue weighted by Crippen LogP contribution is 2.37. The number of benzene rings is 1. The summed E-state index contributed by atoms with van der Waals surface area (Å²) in [6, 6.07) is 7.25. The van der Waals surface area contributed by atoms with Crippen LogP contribution in [0.5, 0.6) is 0 Å². The van der Waals surface area contributed by atoms with E-state index in [-0.39, 0.29) is 30.8 Å². The molecule has 1 saturated carbocycles. The van der Waals surface area contributed by atoms with Crippen LogP contribution in [0.25, 0.3) is 5.65 Å². The van der Waals surface area contributed by atoms with E-state index in [0.717, 1.165) is 25.9 Å². The number of imidazole rings is 1. The van der Waals surface area contributed by atoms with Gasteiger partial charge in [0.1, 0.15) is 12.7 Å². The van der Waals surface area contributed by atoms with E-state index in [1.54, 1.807) is 12.1 Å². The number of morpholine rings is 1. The van der Waals surface area contributed by atoms with Gasteiger partial charge in [-0.05, 0) is 31.4 Å². The number of anilines is 4. The van der Waals surface area contributed by atoms with Crippen LogP contribution in [0.2, 0.25) is 5.02 Å². The minimum absolute atomic E-state index is 0.160. The number of hydrogen-bond donors (Lipinski definition) is 4. The maximum absolute atomic E-state index is 12.4. The molecule has 0 bridgehead atoms. The number of fused-ring (bicyclic) bond motifs is 1. The molecule has 2 saturated heterocycles. The summed E-state index contributed by atoms with van der Waals surface area (Å²) in [6.45, 7) is 4.47. The van der Waals surface area contributed by atoms with Crippen molar-refractivity contribution in [2.75, 3.05) is 68.1 Å². The number of aliphatic hydroxyl groups excluding tert-OH is 1. The summed E-state index contributed by atoms with van der Waals surface area (Å²) in [5.41, 5.74) is 1.94. The van der Waals surface area contributed by atoms with Gasteiger partial charge in [-0.15, -0.1) is 5.10 Å². The number of nitrogens with zero attached hydrogens (tertiary/aromatic N) is 8. The van der Waals surface area contributed by atoms with Crippen LogP contribution in [-0.2, 0) is 9.47 Å². The lowest BCUT2D eigenvalue weighted by molar-refractivity contribution is 0.0270. The van der Waals surface area contributed by atoms with Crippen LogP contribution in [-0.4, -0.2) is 106 Å². The number of rotatable bonds is 9. The van der Waals surface area contributed by atoms with E-state index in [2.05, 4.69) is 48.1 Å². The van der Waals surface area contributed by atoms with Gasteiger partial charge in [0.2, 0.25) is 5.95 Å². The van der Waals surface area contributed by atoms with Crippen molar-refractivity contribution in [3.63, 3.8) is 0 Å². The second-order valence-electron chi connectivity index (χ2n) is 10.9. The number of hydrogen-bond acceptors (Lipinski definition) is 13. The number of piperidine rings is 1. The molecule has 3 fully saturated rings. The van der Waals surface area contributed by atoms with Crippen LogP contribution in [0.3, 0.4) is 0 Å². The maximum Gasteiger partial charge on any atom is 0.407 e. The Hall–Kier alpha value is -4.41. The first-order valence-corrected chi connectivity index (χ1v) is 14.9. The number of amides is 1. The average Bonchev–Trinajstić information content (AvgIpc) is 3.75. The lowest BCUT2D eigenvalue weighted by Gasteiger charge is -2.38. The first-order chi connectivity index (χ1) is 21.4. The summed E-state index contributed by atoms with van der Waals surface area (Å²) < 4.78 is 12.1. The molecular weight excluding hydrogens is 590 g/mol. The number of nitriles is 2. The minimum Gasteiger partial charge on any atom is -0.448 e. The third-order valence-electron chi connectivity index (χ3n) is 7.79. The summed E-state index contributed by atoms with van der Waals surface area (Å²) >= 11 is 6.86. The van der Waals surface area contributed by atoms with E-state index in [4.69, 9.17) is 21.1 Å². The molecule has 0 spiro atoms. The molecule has 2 atom stereocenters. The summed E-state index contributed by atoms with van der Waals surface area (Å²) in [7, 11) is 0. The minimum atomic E-state index is -0.902. The Labute approximate surface area is 258 Å². The van der Waals surface area contributed by atoms with E-state index in [0.29, 0.717) is 66.1 Å². The van der Waals surface area contributed by atoms with Crippen molar-refractivity contribution in [2.45, 2.75) is 37.5 Å². The number of β-amino-alcohol motifs (C(OH)–C–C–N with tert-alkyl or cyclic N) is 1. The van der Waals surface area contributed by atoms with Crippen molar-refractivity contribution in [3.8, 4) is 12.1 Å². The van der Waals surface area contributed by atoms with Gasteiger partial charge in [-0.1, -0.05) is 11.6 Å². The second-order valence-corrected chi connectivity index (χ2v) is 11.3. The summed E-state index contributed by atoms with van der Waals surface area (Å²) in [4.78, 5) is 25.3. The first kappa shape index (κ1) is 29.7. The smallest absolute Gasteiger partial charge is 0.407 e. The van der Waals surface area contributed by atoms with E-state index < -0.39 is 18.2 Å². The molecule has 6 rings (SSSR count). The zero-order valence-electron chi connectivity index (χ0n) is 23.9. The van der Waals surface area contributed by atoms with Crippen LogP contribution < -0.4 is 20.9 Å². The standard InChI is InChI=1S/C28H32ClN11O4/c29-24-21(34-27-36-25(33-18-1-2-18)26-32-15-19(14-31)40(26)37-27)11-17(13-30)12-22(24)39-4-3-20(23(41)16-39)35-28(42)44-10-7-38-5-8-43-9-6-38/h11-12,15,18,20,23,41H,1-10,16H2,(H,35,42)(H2,33,34,36,37). The van der Waals surface area contributed by atoms with Gasteiger partial charge < -0.3 is 35.4 Å². The molecule has 1 aromatic carbocycles. The number of carbonyl (C=O) groups is 1. The quantitative estimate of drug-likeness (QED) is 0.271. The summed E-state index contributed by atoms with van der Waals surface area (Å²) in [5, 5.41) is 44.2. The van der Waals surface area contributed by atoms with Gasteiger partial charge >= 0.3 is 6.09 Å². The van der Waals surface area contributed by atoms with Crippen LogP contribution in [0.15, 0.2) is 18.3 Å². The van der Waals surface area contributed by atoms with Crippen LogP contribution in [0.4, 0.5) is 27.9 Å². The molecule has 15 nitrogen and oxygen atoms in total. The molecule has 0 radical (unpaired) electrons. The number of carbonyl (C=O) groups excluding carboxylic acids is 1. The van der Waals surface area contributed by atoms with E-state index in [1.165, 1.54) is 10.7 Å². The Balaban J connectivity index is 1.14. The van der Waals surface area contributed by atoms with Gasteiger partial charge in [0.25, 0.3) is 0 Å². The molecule has 2 aromatic heterocycles. The van der Waals surface area contributed by atoms with Crippen molar-refractivity contribution in [2.24, 2.45) is 0 Å². The topological polar surface area (TPSA) is 189 Å². The average molecular weight is 622 g/mol. The third kappa shape index (κ3) is 6.71. The third-order valence-corrected chi connectivity index (χ3v) is 8.19. The number of alkyl carbamates (subject to hydrolysis) is 1. The summed E-state index contributed by atoms with van der Waals surface area (Å²) in [5.74, 6) is 0.643. The summed E-state index contributed by atoms with van der Waals surface area (Å²) in [6.07, 6.45) is 2.42. The Morgan fingerprint density at radius 1 is 1.18 bits per heavy atom. The zero-order valence-corrected chi connectivity index (χ0v) is 24.6. The predicted octanol–water partition coefficient (Wildman–Crippen LogP) is 1.84. The van der Waals surface area contributed by atoms with Crippen molar-refractivity contribution in [1.82, 2.24) is 29.8 Å². The lowest BCUT2D eigenvalue weighted by atomic mass is 10.0. The van der Waals surface area contributed by atoms with E-state index in [9.17, 15) is 20.4 Å². The molecule has 16 heteroatoms. The Bertz CT molecular complexity index is 1610. The zero-order chi connectivity index (χ0) is 30.6. The predicted molar refractivity (Wildman–Crippen MR) is 160 cm³/mol. The fourth-order valence-electron chi connectivity index (χ4n) is 5.25. The fraction of sp³-hybridized carbons (Fsp3) is 0.500. The van der Waals surface area contributed by atoms with E-state index >= 15 is 0 Å². The largest absolute Gasteiger partial charge is 0.448 e. The lowest BCUT2D eigenvalue weighted by Crippen LogP contribution is -2.54. The van der Waals surface area contributed by atoms with E-state index in [1.807, 2.05) is 4.90 Å². The number of nitrogens with one attached hydrogen (secondary N) is 3. The number of aliphatic hydroxyl groups is 1. The fourth-order valence-corrected chi connectivity index (χ4v) is 5.52. The van der Waals surface area contributed by atoms with Crippen molar-refractivity contribution >= 4 is 46.5 Å². The molecule has 1 aliphatic carbocycles. The molecule has 4 heterocycles. The van der Waals surface area contributed by atoms with Gasteiger partial charge in [0, 0.05) is 38.8 Å². The molecule has 2 aliphatic heterocycles. The van der Waals surface area contributed by atoms with Gasteiger partial charge in [0.15, 0.2) is 17.2 Å². The molecule has 1 amide bonds. The number of halogens is 1. The Morgan fingerprint density at radius 3 is 2.73 bits per heavy atom. The first-order valence-electron chi connectivity index (χ1n) is 14.5. The van der Waals surface area contributed by atoms with Crippen LogP contribution in [0.1, 0.15) is 30.5 Å². The molecule has 44 heavy (non-hydrogen) atoms. The maximum atomic E-state index is 12.4. The molecule has 4 N–H and O–H groups in total. The van der Waals surface area contributed by atoms with Crippen LogP contribution in [0, 0.1) is 22.7 Å². The molecular formula is C28H32ClN11O4. The highest BCUT2D eigenvalue weighted by Gasteiger charge is 2.31. The number of aromatic nitrogens is 4. The number of ether oxygens (including phenoxy) is 2. The molecule has 3 aromatic rings. The highest BCUT2D eigenvalue weighted by atomic mass is 35.5. The second kappa shape index (κ2) is 13.1. The SMILES string of the molecule is N#Cc1cc(Nc2nc(NC3CC3)c3ncc(C#N)n3n2)c(Cl)c(N2CCC(NC(=O)OCCN3CCOCC3)C(O)C2)c1. The van der Waals surface area contributed by atoms with Gasteiger partial charge in [-0.2, -0.15) is 20.0 Å². The normalized spacial score (nSPS) is 20.5. The molecule has 3 aliphatic rings. The molecule has 2 unspecified atom stereocenters. The van der Waals surface area contributed by atoms with Crippen molar-refractivity contribution in [3.05, 3.63) is 34.6 Å². The van der Waals surface area contributed by atoms with Crippen molar-refractivity contribution < 1.29 is 19.4 Å². The van der Waals surface area contributed by atoms with Gasteiger partial charge in [0.05, 0.1) is 59.6 Å².